The Morgan fingerprint density at radius 2 is 1.76 bits per heavy atom. The van der Waals surface area contributed by atoms with Crippen molar-refractivity contribution in [3.63, 3.8) is 0 Å². The number of fused-ring (bicyclic) bond motifs is 1. The number of hydrogen-bond donors (Lipinski definition) is 0. The van der Waals surface area contributed by atoms with Gasteiger partial charge < -0.3 is 18.7 Å². The van der Waals surface area contributed by atoms with E-state index in [9.17, 15) is 22.8 Å². The van der Waals surface area contributed by atoms with Crippen molar-refractivity contribution in [3.05, 3.63) is 92.5 Å². The Kier molecular flexibility index (Phi) is 9.74. The second-order valence-corrected chi connectivity index (χ2v) is 22.6. The molecule has 4 aliphatic rings. The maximum absolute atomic E-state index is 13.3. The van der Waals surface area contributed by atoms with E-state index in [1.54, 1.807) is 12.1 Å². The molecule has 0 saturated heterocycles. The van der Waals surface area contributed by atoms with Gasteiger partial charge in [-0.25, -0.2) is 9.36 Å². The summed E-state index contributed by atoms with van der Waals surface area (Å²) < 4.78 is 64.6. The highest BCUT2D eigenvalue weighted by Gasteiger charge is 2.60. The van der Waals surface area contributed by atoms with Crippen LogP contribution in [-0.2, 0) is 28.2 Å². The van der Waals surface area contributed by atoms with Crippen molar-refractivity contribution in [2.45, 2.75) is 114 Å². The first-order valence-electron chi connectivity index (χ1n) is 19.1. The second-order valence-electron chi connectivity index (χ2n) is 17.0. The molecule has 4 aromatic rings. The predicted molar refractivity (Wildman–Crippen MR) is 197 cm³/mol. The third-order valence-electron chi connectivity index (χ3n) is 12.1. The Bertz CT molecular complexity index is 2100. The molecular formula is C40H47F3N4O6Si. The van der Waals surface area contributed by atoms with Crippen LogP contribution < -0.4 is 16.0 Å². The van der Waals surface area contributed by atoms with Gasteiger partial charge in [-0.15, -0.1) is 13.2 Å². The van der Waals surface area contributed by atoms with Gasteiger partial charge in [0.05, 0.1) is 18.4 Å². The Labute approximate surface area is 312 Å². The average molecular weight is 765 g/mol. The summed E-state index contributed by atoms with van der Waals surface area (Å²) in [4.78, 5) is 25.8. The maximum Gasteiger partial charge on any atom is 0.573 e. The van der Waals surface area contributed by atoms with Gasteiger partial charge in [0.2, 0.25) is 0 Å². The molecule has 54 heavy (non-hydrogen) atoms. The summed E-state index contributed by atoms with van der Waals surface area (Å²) in [6.45, 7) is 7.36. The smallest absolute Gasteiger partial charge is 0.405 e. The molecule has 4 aliphatic carbocycles. The van der Waals surface area contributed by atoms with E-state index in [2.05, 4.69) is 46.8 Å². The third kappa shape index (κ3) is 7.48. The Hall–Kier alpha value is -4.01. The van der Waals surface area contributed by atoms with E-state index < -0.39 is 25.7 Å². The van der Waals surface area contributed by atoms with Crippen LogP contribution in [0.4, 0.5) is 13.2 Å². The lowest BCUT2D eigenvalue weighted by atomic mass is 9.51. The molecule has 8 rings (SSSR count). The van der Waals surface area contributed by atoms with Crippen LogP contribution in [0.15, 0.2) is 68.8 Å². The molecule has 4 saturated carbocycles. The molecule has 0 aliphatic heterocycles. The van der Waals surface area contributed by atoms with Crippen molar-refractivity contribution >= 4 is 8.07 Å². The standard InChI is InChI=1S/C40H47F3N4O6Si/c1-54(2,3)17-16-50-24-46-35(48)22-44-47(38(46)49)29-13-11-28(12-14-29)39-20-25-18-30(15-10-27(21-39)33(39)19-25)51-23-32-36(45-53-37(32)26-8-9-26)31-6-4-5-7-34(31)52-40(41,42)43/h4-7,11-14,22,25-27,30,33H,8-10,15-21,23-24H2,1-3H3/t25-,27+,30-,33?,39?/m1/s1. The summed E-state index contributed by atoms with van der Waals surface area (Å²) in [5, 5.41) is 8.41. The Morgan fingerprint density at radius 3 is 2.50 bits per heavy atom. The largest absolute Gasteiger partial charge is 0.573 e. The van der Waals surface area contributed by atoms with Crippen LogP contribution in [0.2, 0.25) is 25.7 Å². The minimum absolute atomic E-state index is 0.0133. The molecule has 14 heteroatoms. The van der Waals surface area contributed by atoms with Crippen LogP contribution in [0.1, 0.15) is 74.2 Å². The summed E-state index contributed by atoms with van der Waals surface area (Å²) in [6.07, 6.45) is 4.43. The van der Waals surface area contributed by atoms with Crippen molar-refractivity contribution in [1.82, 2.24) is 19.5 Å². The zero-order valence-corrected chi connectivity index (χ0v) is 31.9. The van der Waals surface area contributed by atoms with Crippen LogP contribution in [0.25, 0.3) is 16.9 Å². The molecule has 0 amide bonds. The third-order valence-corrected chi connectivity index (χ3v) is 13.8. The number of rotatable bonds is 13. The van der Waals surface area contributed by atoms with Crippen LogP contribution in [0.3, 0.4) is 0 Å². The number of alkyl halides is 3. The monoisotopic (exact) mass is 764 g/mol. The van der Waals surface area contributed by atoms with Gasteiger partial charge in [0.25, 0.3) is 5.56 Å². The molecule has 4 fully saturated rings. The summed E-state index contributed by atoms with van der Waals surface area (Å²) in [5.74, 6) is 2.24. The zero-order valence-electron chi connectivity index (χ0n) is 30.9. The van der Waals surface area contributed by atoms with Crippen molar-refractivity contribution in [2.75, 3.05) is 6.61 Å². The van der Waals surface area contributed by atoms with E-state index in [0.717, 1.165) is 68.2 Å². The molecule has 5 atom stereocenters. The first kappa shape index (κ1) is 36.9. The van der Waals surface area contributed by atoms with Gasteiger partial charge in [0.15, 0.2) is 0 Å². The van der Waals surface area contributed by atoms with Gasteiger partial charge in [-0.1, -0.05) is 49.1 Å². The van der Waals surface area contributed by atoms with Gasteiger partial charge in [-0.05, 0) is 110 Å². The van der Waals surface area contributed by atoms with Crippen LogP contribution in [0, 0.1) is 17.8 Å². The van der Waals surface area contributed by atoms with E-state index in [4.69, 9.17) is 14.0 Å². The number of benzene rings is 2. The zero-order chi connectivity index (χ0) is 37.8. The highest BCUT2D eigenvalue weighted by atomic mass is 28.3. The highest BCUT2D eigenvalue weighted by Crippen LogP contribution is 2.66. The van der Waals surface area contributed by atoms with Crippen LogP contribution in [-0.4, -0.2) is 46.7 Å². The van der Waals surface area contributed by atoms with E-state index in [-0.39, 0.29) is 42.1 Å². The first-order chi connectivity index (χ1) is 25.8. The molecule has 2 aromatic heterocycles. The van der Waals surface area contributed by atoms with Gasteiger partial charge in [-0.3, -0.25) is 4.79 Å². The van der Waals surface area contributed by atoms with Gasteiger partial charge in [0, 0.05) is 31.7 Å². The number of para-hydroxylation sites is 1. The van der Waals surface area contributed by atoms with Gasteiger partial charge >= 0.3 is 12.1 Å². The molecule has 2 heterocycles. The maximum atomic E-state index is 13.3. The van der Waals surface area contributed by atoms with Crippen molar-refractivity contribution < 1.29 is 31.9 Å². The predicted octanol–water partition coefficient (Wildman–Crippen LogP) is 8.19. The molecule has 0 spiro atoms. The summed E-state index contributed by atoms with van der Waals surface area (Å²) in [5.41, 5.74) is 2.22. The quantitative estimate of drug-likeness (QED) is 0.0991. The summed E-state index contributed by atoms with van der Waals surface area (Å²) in [6, 6.07) is 15.1. The molecule has 2 bridgehead atoms. The Morgan fingerprint density at radius 1 is 0.981 bits per heavy atom. The highest BCUT2D eigenvalue weighted by molar-refractivity contribution is 6.76. The minimum atomic E-state index is -4.83. The van der Waals surface area contributed by atoms with Gasteiger partial charge in [-0.2, -0.15) is 9.78 Å². The number of ether oxygens (including phenoxy) is 3. The van der Waals surface area contributed by atoms with Crippen molar-refractivity contribution in [3.8, 4) is 22.7 Å². The number of aromatic nitrogens is 4. The average Bonchev–Trinajstić information content (AvgIpc) is 3.77. The van der Waals surface area contributed by atoms with Crippen LogP contribution >= 0.6 is 0 Å². The van der Waals surface area contributed by atoms with E-state index in [0.29, 0.717) is 47.1 Å². The van der Waals surface area contributed by atoms with Crippen LogP contribution in [0.5, 0.6) is 5.75 Å². The molecular weight excluding hydrogens is 718 g/mol. The number of halogens is 3. The van der Waals surface area contributed by atoms with Gasteiger partial charge in [0.1, 0.15) is 30.1 Å². The fourth-order valence-electron chi connectivity index (χ4n) is 9.25. The molecule has 2 aromatic carbocycles. The number of nitrogens with zero attached hydrogens (tertiary/aromatic N) is 4. The van der Waals surface area contributed by atoms with Crippen molar-refractivity contribution in [1.29, 1.82) is 0 Å². The lowest BCUT2D eigenvalue weighted by Gasteiger charge is -2.53. The molecule has 0 N–H and O–H groups in total. The van der Waals surface area contributed by atoms with E-state index in [1.807, 2.05) is 12.1 Å². The SMILES string of the molecule is C[Si](C)(C)CCOCn1c(=O)cnn(-c2ccc(C34C[C@H]5CC3[C@@H](CC[C@@H](OCc3c(-c6ccccc6OC(F)(F)F)noc3C3CC3)C5)C4)cc2)c1=O. The summed E-state index contributed by atoms with van der Waals surface area (Å²) >= 11 is 0. The molecule has 2 unspecified atom stereocenters. The number of hydrogen-bond acceptors (Lipinski definition) is 8. The second kappa shape index (κ2) is 14.2. The van der Waals surface area contributed by atoms with Crippen molar-refractivity contribution in [2.24, 2.45) is 17.8 Å². The van der Waals surface area contributed by atoms with E-state index >= 15 is 0 Å². The molecule has 10 nitrogen and oxygen atoms in total. The normalized spacial score (nSPS) is 25.2. The fourth-order valence-corrected chi connectivity index (χ4v) is 10.0. The van der Waals surface area contributed by atoms with E-state index in [1.165, 1.54) is 22.4 Å². The lowest BCUT2D eigenvalue weighted by molar-refractivity contribution is -0.274. The lowest BCUT2D eigenvalue weighted by Crippen LogP contribution is -2.48. The molecule has 0 radical (unpaired) electrons. The topological polar surface area (TPSA) is 111 Å². The molecule has 288 valence electrons. The fraction of sp³-hybridized carbons (Fsp3) is 0.550. The summed E-state index contributed by atoms with van der Waals surface area (Å²) in [7, 11) is -1.31. The Balaban J connectivity index is 0.951. The minimum Gasteiger partial charge on any atom is -0.405 e. The first-order valence-corrected chi connectivity index (χ1v) is 22.8.